The van der Waals surface area contributed by atoms with Gasteiger partial charge in [0, 0.05) is 0 Å². The second-order valence-corrected chi connectivity index (χ2v) is 5.62. The topological polar surface area (TPSA) is 15.3 Å². The lowest BCUT2D eigenvalue weighted by atomic mass is 9.67. The molecule has 1 fully saturated rings. The molecule has 1 N–H and O–H groups in total. The average molecular weight is 212 g/mol. The van der Waals surface area contributed by atoms with Crippen LogP contribution in [-0.4, -0.2) is 31.2 Å². The van der Waals surface area contributed by atoms with Gasteiger partial charge in [-0.1, -0.05) is 33.6 Å². The van der Waals surface area contributed by atoms with Gasteiger partial charge in [-0.05, 0) is 45.3 Å². The molecule has 1 rings (SSSR count). The zero-order valence-corrected chi connectivity index (χ0v) is 11.2. The van der Waals surface area contributed by atoms with E-state index in [9.17, 15) is 0 Å². The second kappa shape index (κ2) is 4.84. The molecule has 1 aliphatic carbocycles. The Hall–Kier alpha value is -0.0800. The van der Waals surface area contributed by atoms with Gasteiger partial charge in [0.25, 0.3) is 0 Å². The van der Waals surface area contributed by atoms with Crippen molar-refractivity contribution in [1.82, 2.24) is 10.2 Å². The Morgan fingerprint density at radius 1 is 1.20 bits per heavy atom. The quantitative estimate of drug-likeness (QED) is 0.721. The monoisotopic (exact) mass is 212 g/mol. The van der Waals surface area contributed by atoms with E-state index in [1.165, 1.54) is 38.6 Å². The number of nitrogens with zero attached hydrogens (tertiary/aromatic N) is 1. The minimum atomic E-state index is 0.210. The van der Waals surface area contributed by atoms with Gasteiger partial charge in [-0.25, -0.2) is 0 Å². The maximum Gasteiger partial charge on any atom is 0.0759 e. The van der Waals surface area contributed by atoms with E-state index in [1.807, 2.05) is 0 Å². The van der Waals surface area contributed by atoms with Crippen LogP contribution in [0.2, 0.25) is 0 Å². The molecule has 0 saturated heterocycles. The molecule has 0 aromatic heterocycles. The Morgan fingerprint density at radius 3 is 2.27 bits per heavy atom. The predicted octanol–water partition coefficient (Wildman–Crippen LogP) is 2.84. The second-order valence-electron chi connectivity index (χ2n) is 5.62. The molecule has 2 nitrogen and oxygen atoms in total. The molecule has 0 bridgehead atoms. The maximum atomic E-state index is 3.62. The number of nitrogens with one attached hydrogen (secondary N) is 1. The largest absolute Gasteiger partial charge is 0.302 e. The molecule has 1 aliphatic rings. The molecule has 0 aromatic rings. The van der Waals surface area contributed by atoms with Crippen LogP contribution in [0.3, 0.4) is 0 Å². The van der Waals surface area contributed by atoms with Crippen molar-refractivity contribution >= 4 is 0 Å². The first-order valence-electron chi connectivity index (χ1n) is 6.40. The van der Waals surface area contributed by atoms with Crippen molar-refractivity contribution in [3.05, 3.63) is 0 Å². The van der Waals surface area contributed by atoms with E-state index in [0.29, 0.717) is 5.41 Å². The molecular weight excluding hydrogens is 184 g/mol. The van der Waals surface area contributed by atoms with E-state index < -0.39 is 0 Å². The third-order valence-corrected chi connectivity index (χ3v) is 4.33. The minimum absolute atomic E-state index is 0.210. The van der Waals surface area contributed by atoms with Gasteiger partial charge in [-0.2, -0.15) is 0 Å². The van der Waals surface area contributed by atoms with Crippen molar-refractivity contribution in [3.8, 4) is 0 Å². The minimum Gasteiger partial charge on any atom is -0.302 e. The molecule has 1 unspecified atom stereocenters. The molecule has 0 spiro atoms. The van der Waals surface area contributed by atoms with E-state index in [-0.39, 0.29) is 5.66 Å². The van der Waals surface area contributed by atoms with E-state index in [1.54, 1.807) is 0 Å². The first-order valence-corrected chi connectivity index (χ1v) is 6.40. The summed E-state index contributed by atoms with van der Waals surface area (Å²) in [5.74, 6) is 0. The molecule has 1 atom stereocenters. The zero-order chi connectivity index (χ0) is 11.5. The highest BCUT2D eigenvalue weighted by Crippen LogP contribution is 2.45. The summed E-state index contributed by atoms with van der Waals surface area (Å²) in [4.78, 5) is 2.53. The Balaban J connectivity index is 2.88. The van der Waals surface area contributed by atoms with Crippen LogP contribution in [0.4, 0.5) is 0 Å². The van der Waals surface area contributed by atoms with Gasteiger partial charge < -0.3 is 5.32 Å². The van der Waals surface area contributed by atoms with Crippen molar-refractivity contribution in [3.63, 3.8) is 0 Å². The van der Waals surface area contributed by atoms with Crippen LogP contribution in [0.15, 0.2) is 0 Å². The third-order valence-electron chi connectivity index (χ3n) is 4.33. The van der Waals surface area contributed by atoms with Crippen LogP contribution in [0.25, 0.3) is 0 Å². The van der Waals surface area contributed by atoms with E-state index >= 15 is 0 Å². The normalized spacial score (nSPS) is 30.8. The molecule has 2 heteroatoms. The van der Waals surface area contributed by atoms with Gasteiger partial charge in [0.05, 0.1) is 5.66 Å². The first kappa shape index (κ1) is 13.0. The summed E-state index contributed by atoms with van der Waals surface area (Å²) in [5.41, 5.74) is 0.588. The van der Waals surface area contributed by atoms with E-state index in [4.69, 9.17) is 0 Å². The molecule has 0 aromatic carbocycles. The van der Waals surface area contributed by atoms with Crippen LogP contribution in [0.1, 0.15) is 52.9 Å². The van der Waals surface area contributed by atoms with E-state index in [0.717, 1.165) is 0 Å². The summed E-state index contributed by atoms with van der Waals surface area (Å²) in [6, 6.07) is 0. The summed E-state index contributed by atoms with van der Waals surface area (Å²) in [5, 5.41) is 3.62. The fourth-order valence-corrected chi connectivity index (χ4v) is 3.38. The summed E-state index contributed by atoms with van der Waals surface area (Å²) in [6.45, 7) is 8.27. The van der Waals surface area contributed by atoms with Crippen LogP contribution in [-0.2, 0) is 0 Å². The van der Waals surface area contributed by atoms with Gasteiger partial charge in [0.1, 0.15) is 0 Å². The SMILES string of the molecule is CCCN(C)C1(NC)CCCCC1(C)C. The molecular formula is C13H28N2. The predicted molar refractivity (Wildman–Crippen MR) is 67.0 cm³/mol. The van der Waals surface area contributed by atoms with Crippen LogP contribution in [0.5, 0.6) is 0 Å². The summed E-state index contributed by atoms with van der Waals surface area (Å²) in [6.07, 6.45) is 6.60. The summed E-state index contributed by atoms with van der Waals surface area (Å²) < 4.78 is 0. The van der Waals surface area contributed by atoms with Crippen molar-refractivity contribution in [1.29, 1.82) is 0 Å². The number of hydrogen-bond acceptors (Lipinski definition) is 2. The van der Waals surface area contributed by atoms with Gasteiger partial charge >= 0.3 is 0 Å². The van der Waals surface area contributed by atoms with Crippen LogP contribution < -0.4 is 5.32 Å². The van der Waals surface area contributed by atoms with E-state index in [2.05, 4.69) is 45.1 Å². The lowest BCUT2D eigenvalue weighted by Gasteiger charge is -2.55. The lowest BCUT2D eigenvalue weighted by molar-refractivity contribution is -0.0568. The Morgan fingerprint density at radius 2 is 1.80 bits per heavy atom. The first-order chi connectivity index (χ1) is 7.00. The standard InChI is InChI=1S/C13H28N2/c1-6-11-15(5)13(14-4)10-8-7-9-12(13,2)3/h14H,6-11H2,1-5H3. The molecule has 1 saturated carbocycles. The van der Waals surface area contributed by atoms with Crippen LogP contribution in [0, 0.1) is 5.41 Å². The average Bonchev–Trinajstić information content (AvgIpc) is 2.18. The van der Waals surface area contributed by atoms with Crippen molar-refractivity contribution in [2.45, 2.75) is 58.5 Å². The van der Waals surface area contributed by atoms with Crippen molar-refractivity contribution in [2.75, 3.05) is 20.6 Å². The van der Waals surface area contributed by atoms with Gasteiger partial charge in [-0.15, -0.1) is 0 Å². The number of hydrogen-bond donors (Lipinski definition) is 1. The van der Waals surface area contributed by atoms with Crippen LogP contribution >= 0.6 is 0 Å². The summed E-state index contributed by atoms with van der Waals surface area (Å²) >= 11 is 0. The third kappa shape index (κ3) is 2.21. The van der Waals surface area contributed by atoms with Gasteiger partial charge in [-0.3, -0.25) is 4.90 Å². The fraction of sp³-hybridized carbons (Fsp3) is 1.00. The Kier molecular flexibility index (Phi) is 4.19. The Bertz CT molecular complexity index is 201. The maximum absolute atomic E-state index is 3.62. The van der Waals surface area contributed by atoms with Gasteiger partial charge in [0.15, 0.2) is 0 Å². The smallest absolute Gasteiger partial charge is 0.0759 e. The van der Waals surface area contributed by atoms with Crippen molar-refractivity contribution in [2.24, 2.45) is 5.41 Å². The molecule has 15 heavy (non-hydrogen) atoms. The van der Waals surface area contributed by atoms with Gasteiger partial charge in [0.2, 0.25) is 0 Å². The molecule has 90 valence electrons. The molecule has 0 aliphatic heterocycles. The highest BCUT2D eigenvalue weighted by Gasteiger charge is 2.47. The Labute approximate surface area is 95.4 Å². The summed E-state index contributed by atoms with van der Waals surface area (Å²) in [7, 11) is 4.40. The highest BCUT2D eigenvalue weighted by atomic mass is 15.3. The fourth-order valence-electron chi connectivity index (χ4n) is 3.38. The lowest BCUT2D eigenvalue weighted by Crippen LogP contribution is -2.66. The van der Waals surface area contributed by atoms with Crippen molar-refractivity contribution < 1.29 is 0 Å². The molecule has 0 radical (unpaired) electrons. The highest BCUT2D eigenvalue weighted by molar-refractivity contribution is 5.00. The molecule has 0 amide bonds. The number of rotatable bonds is 4. The zero-order valence-electron chi connectivity index (χ0n) is 11.2. The molecule has 0 heterocycles.